The van der Waals surface area contributed by atoms with Gasteiger partial charge in [-0.2, -0.15) is 0 Å². The number of rotatable bonds is 9. The predicted octanol–water partition coefficient (Wildman–Crippen LogP) is 5.99. The first kappa shape index (κ1) is 25.5. The molecule has 2 heterocycles. The van der Waals surface area contributed by atoms with E-state index in [-0.39, 0.29) is 40.5 Å². The maximum absolute atomic E-state index is 12.9. The highest BCUT2D eigenvalue weighted by Gasteiger charge is 2.28. The number of furan rings is 1. The van der Waals surface area contributed by atoms with Crippen molar-refractivity contribution in [3.63, 3.8) is 0 Å². The Kier molecular flexibility index (Phi) is 8.51. The highest BCUT2D eigenvalue weighted by Crippen LogP contribution is 2.35. The highest BCUT2D eigenvalue weighted by atomic mass is 79.9. The maximum atomic E-state index is 12.9. The van der Waals surface area contributed by atoms with Crippen molar-refractivity contribution in [3.05, 3.63) is 68.4 Å². The number of para-hydroxylation sites is 1. The highest BCUT2D eigenvalue weighted by molar-refractivity contribution is 9.10. The smallest absolute Gasteiger partial charge is 0.348 e. The molecule has 0 saturated carbocycles. The van der Waals surface area contributed by atoms with Gasteiger partial charge in [-0.05, 0) is 73.5 Å². The Bertz CT molecular complexity index is 1200. The molecule has 0 atom stereocenters. The molecule has 180 valence electrons. The number of carbonyl (C=O) groups is 3. The van der Waals surface area contributed by atoms with E-state index in [0.29, 0.717) is 17.1 Å². The third-order valence-corrected chi connectivity index (χ3v) is 6.32. The van der Waals surface area contributed by atoms with Gasteiger partial charge in [0.1, 0.15) is 28.0 Å². The van der Waals surface area contributed by atoms with Crippen LogP contribution in [0.15, 0.2) is 45.3 Å². The van der Waals surface area contributed by atoms with E-state index in [1.807, 2.05) is 18.2 Å². The van der Waals surface area contributed by atoms with E-state index in [4.69, 9.17) is 18.6 Å². The minimum absolute atomic E-state index is 0.0256. The van der Waals surface area contributed by atoms with Crippen LogP contribution < -0.4 is 10.1 Å². The van der Waals surface area contributed by atoms with E-state index in [1.165, 1.54) is 6.07 Å². The average Bonchev–Trinajstić information content (AvgIpc) is 3.37. The van der Waals surface area contributed by atoms with Crippen LogP contribution in [0.5, 0.6) is 5.75 Å². The van der Waals surface area contributed by atoms with E-state index < -0.39 is 17.8 Å². The molecule has 3 aromatic rings. The Hall–Kier alpha value is -3.11. The van der Waals surface area contributed by atoms with Gasteiger partial charge in [0.15, 0.2) is 5.76 Å². The quantitative estimate of drug-likeness (QED) is 0.327. The van der Waals surface area contributed by atoms with E-state index >= 15 is 0 Å². The van der Waals surface area contributed by atoms with Gasteiger partial charge in [-0.25, -0.2) is 9.59 Å². The van der Waals surface area contributed by atoms with Crippen molar-refractivity contribution in [2.24, 2.45) is 0 Å². The molecule has 0 saturated heterocycles. The van der Waals surface area contributed by atoms with E-state index in [1.54, 1.807) is 39.8 Å². The number of thiophene rings is 1. The summed E-state index contributed by atoms with van der Waals surface area (Å²) in [6.07, 6.45) is -0.376. The van der Waals surface area contributed by atoms with Crippen molar-refractivity contribution in [2.45, 2.75) is 40.4 Å². The number of amides is 1. The second-order valence-electron chi connectivity index (χ2n) is 7.37. The van der Waals surface area contributed by atoms with Crippen molar-refractivity contribution in [1.82, 2.24) is 0 Å². The molecule has 8 nitrogen and oxygen atoms in total. The van der Waals surface area contributed by atoms with Crippen LogP contribution in [0.2, 0.25) is 0 Å². The molecule has 0 spiro atoms. The molecule has 3 rings (SSSR count). The summed E-state index contributed by atoms with van der Waals surface area (Å²) in [6.45, 7) is 7.02. The molecule has 0 aliphatic carbocycles. The van der Waals surface area contributed by atoms with E-state index in [2.05, 4.69) is 21.2 Å². The van der Waals surface area contributed by atoms with Gasteiger partial charge in [0.25, 0.3) is 5.91 Å². The lowest BCUT2D eigenvalue weighted by Gasteiger charge is -2.10. The normalized spacial score (nSPS) is 10.8. The van der Waals surface area contributed by atoms with Crippen LogP contribution in [0.25, 0.3) is 0 Å². The number of benzene rings is 1. The molecule has 0 fully saturated rings. The SMILES string of the molecule is CCOC(=O)c1sc(NC(=O)c2ccc(COc3ccccc3Br)o2)c(C(=O)OC(C)C)c1C. The number of halogens is 1. The lowest BCUT2D eigenvalue weighted by Crippen LogP contribution is -2.16. The number of esters is 2. The third-order valence-electron chi connectivity index (χ3n) is 4.47. The molecule has 0 radical (unpaired) electrons. The molecule has 34 heavy (non-hydrogen) atoms. The summed E-state index contributed by atoms with van der Waals surface area (Å²) in [5.74, 6) is -0.695. The molecule has 0 aliphatic rings. The Labute approximate surface area is 209 Å². The summed E-state index contributed by atoms with van der Waals surface area (Å²) in [6, 6.07) is 10.5. The summed E-state index contributed by atoms with van der Waals surface area (Å²) >= 11 is 4.36. The maximum Gasteiger partial charge on any atom is 0.348 e. The molecule has 0 bridgehead atoms. The van der Waals surface area contributed by atoms with Crippen LogP contribution in [-0.2, 0) is 16.1 Å². The third kappa shape index (κ3) is 6.06. The largest absolute Gasteiger partial charge is 0.484 e. The molecule has 1 N–H and O–H groups in total. The molecule has 2 aromatic heterocycles. The zero-order valence-electron chi connectivity index (χ0n) is 19.1. The lowest BCUT2D eigenvalue weighted by atomic mass is 10.1. The number of nitrogens with one attached hydrogen (secondary N) is 1. The first-order valence-corrected chi connectivity index (χ1v) is 12.1. The fourth-order valence-electron chi connectivity index (χ4n) is 2.96. The van der Waals surface area contributed by atoms with Gasteiger partial charge in [-0.1, -0.05) is 12.1 Å². The predicted molar refractivity (Wildman–Crippen MR) is 131 cm³/mol. The molecule has 0 aliphatic heterocycles. The number of hydrogen-bond acceptors (Lipinski definition) is 8. The van der Waals surface area contributed by atoms with Crippen LogP contribution in [0.1, 0.15) is 62.7 Å². The molecular weight excluding hydrogens is 526 g/mol. The van der Waals surface area contributed by atoms with Crippen molar-refractivity contribution in [3.8, 4) is 5.75 Å². The molecule has 0 unspecified atom stereocenters. The fourth-order valence-corrected chi connectivity index (χ4v) is 4.45. The first-order chi connectivity index (χ1) is 16.2. The summed E-state index contributed by atoms with van der Waals surface area (Å²) in [7, 11) is 0. The van der Waals surface area contributed by atoms with Gasteiger partial charge in [0, 0.05) is 0 Å². The molecular formula is C24H24BrNO7S. The Morgan fingerprint density at radius 1 is 1.12 bits per heavy atom. The van der Waals surface area contributed by atoms with Crippen molar-refractivity contribution in [2.75, 3.05) is 11.9 Å². The lowest BCUT2D eigenvalue weighted by molar-refractivity contribution is 0.0379. The van der Waals surface area contributed by atoms with Crippen LogP contribution in [-0.4, -0.2) is 30.6 Å². The van der Waals surface area contributed by atoms with Gasteiger partial charge in [-0.3, -0.25) is 4.79 Å². The van der Waals surface area contributed by atoms with Crippen LogP contribution in [0.4, 0.5) is 5.00 Å². The Morgan fingerprint density at radius 2 is 1.85 bits per heavy atom. The van der Waals surface area contributed by atoms with Gasteiger partial charge in [-0.15, -0.1) is 11.3 Å². The van der Waals surface area contributed by atoms with Crippen molar-refractivity contribution >= 4 is 50.1 Å². The van der Waals surface area contributed by atoms with Gasteiger partial charge in [0.2, 0.25) is 0 Å². The zero-order valence-corrected chi connectivity index (χ0v) is 21.5. The monoisotopic (exact) mass is 549 g/mol. The topological polar surface area (TPSA) is 104 Å². The second kappa shape index (κ2) is 11.3. The molecule has 1 aromatic carbocycles. The average molecular weight is 550 g/mol. The summed E-state index contributed by atoms with van der Waals surface area (Å²) < 4.78 is 22.5. The molecule has 1 amide bonds. The van der Waals surface area contributed by atoms with E-state index in [0.717, 1.165) is 15.8 Å². The first-order valence-electron chi connectivity index (χ1n) is 10.5. The van der Waals surface area contributed by atoms with E-state index in [9.17, 15) is 14.4 Å². The van der Waals surface area contributed by atoms with Crippen molar-refractivity contribution < 1.29 is 33.0 Å². The number of ether oxygens (including phenoxy) is 3. The zero-order chi connectivity index (χ0) is 24.8. The number of carbonyl (C=O) groups excluding carboxylic acids is 3. The molecule has 10 heteroatoms. The van der Waals surface area contributed by atoms with Crippen molar-refractivity contribution in [1.29, 1.82) is 0 Å². The van der Waals surface area contributed by atoms with Crippen LogP contribution >= 0.6 is 27.3 Å². The number of anilines is 1. The summed E-state index contributed by atoms with van der Waals surface area (Å²) in [5.41, 5.74) is 0.491. The van der Waals surface area contributed by atoms with Crippen LogP contribution in [0, 0.1) is 6.92 Å². The Morgan fingerprint density at radius 3 is 2.53 bits per heavy atom. The second-order valence-corrected chi connectivity index (χ2v) is 9.25. The Balaban J connectivity index is 1.79. The van der Waals surface area contributed by atoms with Gasteiger partial charge < -0.3 is 23.9 Å². The minimum atomic E-state index is -0.642. The fraction of sp³-hybridized carbons (Fsp3) is 0.292. The summed E-state index contributed by atoms with van der Waals surface area (Å²) in [5, 5.41) is 2.84. The minimum Gasteiger partial charge on any atom is -0.484 e. The standard InChI is InChI=1S/C24H24BrNO7S/c1-5-30-24(29)20-14(4)19(23(28)32-13(2)3)22(34-20)26-21(27)18-11-10-15(33-18)12-31-17-9-7-6-8-16(17)25/h6-11,13H,5,12H2,1-4H3,(H,26,27). The van der Waals surface area contributed by atoms with Gasteiger partial charge >= 0.3 is 11.9 Å². The van der Waals surface area contributed by atoms with Gasteiger partial charge in [0.05, 0.1) is 22.7 Å². The number of hydrogen-bond donors (Lipinski definition) is 1. The summed E-state index contributed by atoms with van der Waals surface area (Å²) in [4.78, 5) is 38.1. The van der Waals surface area contributed by atoms with Crippen LogP contribution in [0.3, 0.4) is 0 Å².